The number of ether oxygens (including phenoxy) is 1. The van der Waals surface area contributed by atoms with E-state index in [1.165, 1.54) is 16.4 Å². The van der Waals surface area contributed by atoms with Crippen molar-refractivity contribution < 1.29 is 22.3 Å². The molecule has 2 aliphatic heterocycles. The summed E-state index contributed by atoms with van der Waals surface area (Å²) in [5.41, 5.74) is 1.73. The first-order valence-corrected chi connectivity index (χ1v) is 13.0. The highest BCUT2D eigenvalue weighted by atomic mass is 32.2. The molecule has 1 aromatic heterocycles. The summed E-state index contributed by atoms with van der Waals surface area (Å²) in [7, 11) is -3.99. The van der Waals surface area contributed by atoms with E-state index in [0.717, 1.165) is 29.3 Å². The van der Waals surface area contributed by atoms with Crippen LogP contribution in [0.15, 0.2) is 47.5 Å². The van der Waals surface area contributed by atoms with Crippen LogP contribution in [0.5, 0.6) is 0 Å². The van der Waals surface area contributed by atoms with Crippen molar-refractivity contribution in [1.29, 1.82) is 0 Å². The third kappa shape index (κ3) is 3.70. The first-order chi connectivity index (χ1) is 16.3. The molecule has 10 heteroatoms. The number of benzene rings is 2. The van der Waals surface area contributed by atoms with E-state index < -0.39 is 21.4 Å². The first kappa shape index (κ1) is 21.7. The van der Waals surface area contributed by atoms with Crippen molar-refractivity contribution in [3.05, 3.63) is 48.4 Å². The van der Waals surface area contributed by atoms with Gasteiger partial charge in [0.05, 0.1) is 23.9 Å². The Morgan fingerprint density at radius 1 is 1.09 bits per heavy atom. The molecule has 0 unspecified atom stereocenters. The second-order valence-corrected chi connectivity index (χ2v) is 11.4. The molecule has 2 aromatic carbocycles. The molecule has 1 spiro atoms. The highest BCUT2D eigenvalue weighted by Gasteiger charge is 2.47. The predicted octanol–water partition coefficient (Wildman–Crippen LogP) is 2.91. The fourth-order valence-electron chi connectivity index (χ4n) is 5.05. The van der Waals surface area contributed by atoms with Crippen LogP contribution in [0.4, 0.5) is 4.39 Å². The van der Waals surface area contributed by atoms with Gasteiger partial charge in [-0.1, -0.05) is 12.1 Å². The lowest BCUT2D eigenvalue weighted by molar-refractivity contribution is -0.170. The number of fused-ring (bicyclic) bond motifs is 1. The van der Waals surface area contributed by atoms with E-state index in [4.69, 9.17) is 4.74 Å². The van der Waals surface area contributed by atoms with E-state index in [0.29, 0.717) is 31.0 Å². The number of halogens is 1. The molecule has 1 amide bonds. The van der Waals surface area contributed by atoms with Crippen molar-refractivity contribution in [1.82, 2.24) is 19.4 Å². The summed E-state index contributed by atoms with van der Waals surface area (Å²) in [6.45, 7) is 1.01. The molecular weight excluding hydrogens is 459 g/mol. The van der Waals surface area contributed by atoms with Gasteiger partial charge >= 0.3 is 0 Å². The standard InChI is InChI=1S/C24H25FN4O4S/c25-20-12-17(16-1-5-21-18(11-16)13-26-27-21)2-6-22(20)34(31,32)28-9-7-24(8-10-28)15-29(19-3-4-19)23(30)14-33-24/h1-2,5-6,11-13,19H,3-4,7-10,14-15H2,(H,26,27). The third-order valence-electron chi connectivity index (χ3n) is 7.23. The second-order valence-electron chi connectivity index (χ2n) is 9.45. The van der Waals surface area contributed by atoms with Crippen molar-refractivity contribution in [2.45, 2.75) is 42.2 Å². The SMILES string of the molecule is O=C1COC2(CCN(S(=O)(=O)c3ccc(-c4ccc5[nH]ncc5c4)cc3F)CC2)CN1C1CC1. The van der Waals surface area contributed by atoms with Gasteiger partial charge in [0.2, 0.25) is 15.9 Å². The molecule has 6 rings (SSSR count). The van der Waals surface area contributed by atoms with Crippen LogP contribution in [0, 0.1) is 5.82 Å². The molecule has 8 nitrogen and oxygen atoms in total. The number of nitrogens with zero attached hydrogens (tertiary/aromatic N) is 3. The average Bonchev–Trinajstić information content (AvgIpc) is 3.57. The molecule has 178 valence electrons. The molecule has 1 aliphatic carbocycles. The second kappa shape index (κ2) is 7.86. The zero-order chi connectivity index (χ0) is 23.5. The Hall–Kier alpha value is -2.82. The molecule has 34 heavy (non-hydrogen) atoms. The Labute approximate surface area is 196 Å². The van der Waals surface area contributed by atoms with Crippen molar-refractivity contribution in [2.75, 3.05) is 26.2 Å². The van der Waals surface area contributed by atoms with Crippen LogP contribution in [0.25, 0.3) is 22.0 Å². The number of hydrogen-bond acceptors (Lipinski definition) is 5. The van der Waals surface area contributed by atoms with Crippen LogP contribution in [0.3, 0.4) is 0 Å². The maximum atomic E-state index is 15.1. The number of carbonyl (C=O) groups is 1. The minimum atomic E-state index is -3.99. The highest BCUT2D eigenvalue weighted by molar-refractivity contribution is 7.89. The highest BCUT2D eigenvalue weighted by Crippen LogP contribution is 2.37. The summed E-state index contributed by atoms with van der Waals surface area (Å²) >= 11 is 0. The Balaban J connectivity index is 1.20. The minimum Gasteiger partial charge on any atom is -0.363 e. The van der Waals surface area contributed by atoms with Gasteiger partial charge in [0.15, 0.2) is 0 Å². The summed E-state index contributed by atoms with van der Waals surface area (Å²) in [5, 5.41) is 7.76. The molecule has 0 radical (unpaired) electrons. The molecule has 2 saturated heterocycles. The minimum absolute atomic E-state index is 0.0113. The number of piperidine rings is 1. The molecule has 1 saturated carbocycles. The Bertz CT molecular complexity index is 1380. The maximum absolute atomic E-state index is 15.1. The van der Waals surface area contributed by atoms with Gasteiger partial charge in [0.1, 0.15) is 17.3 Å². The van der Waals surface area contributed by atoms with Crippen molar-refractivity contribution >= 4 is 26.8 Å². The van der Waals surface area contributed by atoms with Gasteiger partial charge in [-0.3, -0.25) is 9.89 Å². The van der Waals surface area contributed by atoms with E-state index >= 15 is 4.39 Å². The zero-order valence-corrected chi connectivity index (χ0v) is 19.4. The van der Waals surface area contributed by atoms with Gasteiger partial charge < -0.3 is 9.64 Å². The molecular formula is C24H25FN4O4S. The first-order valence-electron chi connectivity index (χ1n) is 11.5. The number of sulfonamides is 1. The molecule has 3 fully saturated rings. The molecule has 3 aromatic rings. The van der Waals surface area contributed by atoms with Crippen molar-refractivity contribution in [2.24, 2.45) is 0 Å². The molecule has 3 aliphatic rings. The number of aromatic nitrogens is 2. The Kier molecular flexibility index (Phi) is 5.02. The zero-order valence-electron chi connectivity index (χ0n) is 18.5. The van der Waals surface area contributed by atoms with Gasteiger partial charge in [0, 0.05) is 24.5 Å². The largest absolute Gasteiger partial charge is 0.363 e. The van der Waals surface area contributed by atoms with E-state index in [9.17, 15) is 13.2 Å². The Morgan fingerprint density at radius 3 is 2.56 bits per heavy atom. The van der Waals surface area contributed by atoms with Crippen molar-refractivity contribution in [3.63, 3.8) is 0 Å². The lowest BCUT2D eigenvalue weighted by Gasteiger charge is -2.46. The number of nitrogens with one attached hydrogen (secondary N) is 1. The van der Waals surface area contributed by atoms with Crippen LogP contribution in [0.2, 0.25) is 0 Å². The van der Waals surface area contributed by atoms with Gasteiger partial charge in [-0.15, -0.1) is 0 Å². The topological polar surface area (TPSA) is 95.6 Å². The fraction of sp³-hybridized carbons (Fsp3) is 0.417. The van der Waals surface area contributed by atoms with Crippen LogP contribution in [-0.2, 0) is 19.6 Å². The lowest BCUT2D eigenvalue weighted by atomic mass is 9.90. The molecule has 1 N–H and O–H groups in total. The summed E-state index contributed by atoms with van der Waals surface area (Å²) in [4.78, 5) is 13.7. The summed E-state index contributed by atoms with van der Waals surface area (Å²) in [5.74, 6) is -0.762. The lowest BCUT2D eigenvalue weighted by Crippen LogP contribution is -2.59. The number of aromatic amines is 1. The van der Waals surface area contributed by atoms with Crippen LogP contribution >= 0.6 is 0 Å². The van der Waals surface area contributed by atoms with Gasteiger partial charge in [0.25, 0.3) is 0 Å². The number of H-pyrrole nitrogens is 1. The third-order valence-corrected chi connectivity index (χ3v) is 9.16. The predicted molar refractivity (Wildman–Crippen MR) is 123 cm³/mol. The number of carbonyl (C=O) groups excluding carboxylic acids is 1. The van der Waals surface area contributed by atoms with Crippen LogP contribution in [-0.4, -0.2) is 71.6 Å². The monoisotopic (exact) mass is 484 g/mol. The fourth-order valence-corrected chi connectivity index (χ4v) is 6.54. The smallest absolute Gasteiger partial charge is 0.248 e. The van der Waals surface area contributed by atoms with Crippen molar-refractivity contribution in [3.8, 4) is 11.1 Å². The van der Waals surface area contributed by atoms with E-state index in [2.05, 4.69) is 10.2 Å². The average molecular weight is 485 g/mol. The molecule has 3 heterocycles. The molecule has 0 atom stereocenters. The van der Waals surface area contributed by atoms with E-state index in [1.54, 1.807) is 12.3 Å². The summed E-state index contributed by atoms with van der Waals surface area (Å²) < 4.78 is 48.9. The quantitative estimate of drug-likeness (QED) is 0.615. The maximum Gasteiger partial charge on any atom is 0.248 e. The normalized spacial score (nSPS) is 21.4. The summed E-state index contributed by atoms with van der Waals surface area (Å²) in [6.07, 6.45) is 4.69. The van der Waals surface area contributed by atoms with Gasteiger partial charge in [-0.25, -0.2) is 12.8 Å². The number of morpholine rings is 1. The van der Waals surface area contributed by atoms with Crippen LogP contribution in [0.1, 0.15) is 25.7 Å². The molecule has 0 bridgehead atoms. The van der Waals surface area contributed by atoms with Crippen LogP contribution < -0.4 is 0 Å². The number of amides is 1. The van der Waals surface area contributed by atoms with Gasteiger partial charge in [-0.2, -0.15) is 9.40 Å². The summed E-state index contributed by atoms with van der Waals surface area (Å²) in [6, 6.07) is 10.1. The van der Waals surface area contributed by atoms with E-state index in [-0.39, 0.29) is 30.5 Å². The van der Waals surface area contributed by atoms with Gasteiger partial charge in [-0.05, 0) is 61.1 Å². The number of rotatable bonds is 4. The Morgan fingerprint density at radius 2 is 1.82 bits per heavy atom. The number of hydrogen-bond donors (Lipinski definition) is 1. The van der Waals surface area contributed by atoms with E-state index in [1.807, 2.05) is 23.1 Å².